The first-order chi connectivity index (χ1) is 9.33. The Balaban J connectivity index is 1.69. The fourth-order valence-electron chi connectivity index (χ4n) is 2.66. The molecule has 0 aliphatic heterocycles. The first-order valence-electron chi connectivity index (χ1n) is 6.77. The zero-order valence-electron chi connectivity index (χ0n) is 10.8. The molecule has 0 fully saturated rings. The summed E-state index contributed by atoms with van der Waals surface area (Å²) in [4.78, 5) is 0. The Kier molecular flexibility index (Phi) is 4.18. The molecule has 2 aromatic rings. The van der Waals surface area contributed by atoms with Crippen LogP contribution in [0.2, 0.25) is 0 Å². The second kappa shape index (κ2) is 6.06. The summed E-state index contributed by atoms with van der Waals surface area (Å²) in [6, 6.07) is 17.3. The first kappa shape index (κ1) is 13.1. The number of fused-ring (bicyclic) bond motifs is 1. The van der Waals surface area contributed by atoms with E-state index in [1.54, 1.807) is 0 Å². The highest BCUT2D eigenvalue weighted by Crippen LogP contribution is 2.32. The summed E-state index contributed by atoms with van der Waals surface area (Å²) in [6.07, 6.45) is 3.83. The van der Waals surface area contributed by atoms with Crippen LogP contribution in [0.4, 0.5) is 0 Å². The van der Waals surface area contributed by atoms with Crippen LogP contribution in [-0.4, -0.2) is 0 Å². The monoisotopic (exact) mass is 364 g/mol. The van der Waals surface area contributed by atoms with Crippen molar-refractivity contribution in [1.82, 2.24) is 0 Å². The van der Waals surface area contributed by atoms with E-state index in [0.717, 1.165) is 6.42 Å². The minimum atomic E-state index is 0.268. The van der Waals surface area contributed by atoms with Gasteiger partial charge in [-0.3, -0.25) is 0 Å². The molecule has 1 aliphatic rings. The fraction of sp³-hybridized carbons (Fsp3) is 0.294. The number of hydrogen-bond acceptors (Lipinski definition) is 1. The van der Waals surface area contributed by atoms with E-state index in [-0.39, 0.29) is 6.10 Å². The third kappa shape index (κ3) is 3.18. The third-order valence-corrected chi connectivity index (χ3v) is 4.40. The zero-order valence-corrected chi connectivity index (χ0v) is 13.0. The SMILES string of the molecule is Ic1ccc(COC2CCCc3ccccc32)cc1. The van der Waals surface area contributed by atoms with E-state index in [2.05, 4.69) is 71.1 Å². The Morgan fingerprint density at radius 2 is 1.84 bits per heavy atom. The van der Waals surface area contributed by atoms with Gasteiger partial charge in [-0.1, -0.05) is 36.4 Å². The Morgan fingerprint density at radius 3 is 2.68 bits per heavy atom. The molecule has 19 heavy (non-hydrogen) atoms. The lowest BCUT2D eigenvalue weighted by atomic mass is 9.89. The molecule has 0 saturated heterocycles. The Labute approximate surface area is 128 Å². The summed E-state index contributed by atoms with van der Waals surface area (Å²) in [7, 11) is 0. The summed E-state index contributed by atoms with van der Waals surface area (Å²) in [5, 5.41) is 0. The molecule has 0 heterocycles. The van der Waals surface area contributed by atoms with Gasteiger partial charge in [-0.25, -0.2) is 0 Å². The van der Waals surface area contributed by atoms with E-state index in [1.807, 2.05) is 0 Å². The van der Waals surface area contributed by atoms with Crippen molar-refractivity contribution in [1.29, 1.82) is 0 Å². The van der Waals surface area contributed by atoms with Crippen LogP contribution < -0.4 is 0 Å². The molecule has 0 radical (unpaired) electrons. The molecule has 0 amide bonds. The fourth-order valence-corrected chi connectivity index (χ4v) is 3.02. The number of rotatable bonds is 3. The first-order valence-corrected chi connectivity index (χ1v) is 7.84. The van der Waals surface area contributed by atoms with Crippen molar-refractivity contribution in [2.45, 2.75) is 32.0 Å². The topological polar surface area (TPSA) is 9.23 Å². The van der Waals surface area contributed by atoms with E-state index in [0.29, 0.717) is 6.61 Å². The van der Waals surface area contributed by atoms with Gasteiger partial charge in [0, 0.05) is 3.57 Å². The lowest BCUT2D eigenvalue weighted by Gasteiger charge is -2.25. The Hall–Kier alpha value is -0.870. The molecule has 3 rings (SSSR count). The maximum absolute atomic E-state index is 6.13. The maximum atomic E-state index is 6.13. The van der Waals surface area contributed by atoms with Crippen molar-refractivity contribution in [2.75, 3.05) is 0 Å². The van der Waals surface area contributed by atoms with Gasteiger partial charge in [0.2, 0.25) is 0 Å². The summed E-state index contributed by atoms with van der Waals surface area (Å²) in [5.41, 5.74) is 4.10. The standard InChI is InChI=1S/C17H17IO/c18-15-10-8-13(9-11-15)12-19-17-7-3-5-14-4-1-2-6-16(14)17/h1-2,4,6,8-11,17H,3,5,7,12H2. The molecule has 2 aromatic carbocycles. The average molecular weight is 364 g/mol. The third-order valence-electron chi connectivity index (χ3n) is 3.68. The molecule has 0 N–H and O–H groups in total. The molecule has 0 aromatic heterocycles. The summed E-state index contributed by atoms with van der Waals surface area (Å²) >= 11 is 2.33. The predicted octanol–water partition coefficient (Wildman–Crippen LogP) is 4.89. The van der Waals surface area contributed by atoms with Crippen LogP contribution in [0, 0.1) is 3.57 Å². The highest BCUT2D eigenvalue weighted by Gasteiger charge is 2.19. The molecule has 1 aliphatic carbocycles. The van der Waals surface area contributed by atoms with Crippen LogP contribution in [-0.2, 0) is 17.8 Å². The van der Waals surface area contributed by atoms with Crippen molar-refractivity contribution >= 4 is 22.6 Å². The molecular formula is C17H17IO. The van der Waals surface area contributed by atoms with Crippen molar-refractivity contribution in [3.8, 4) is 0 Å². The van der Waals surface area contributed by atoms with Gasteiger partial charge in [0.15, 0.2) is 0 Å². The molecule has 1 nitrogen and oxygen atoms in total. The van der Waals surface area contributed by atoms with Gasteiger partial charge < -0.3 is 4.74 Å². The van der Waals surface area contributed by atoms with E-state index in [4.69, 9.17) is 4.74 Å². The van der Waals surface area contributed by atoms with E-state index >= 15 is 0 Å². The summed E-state index contributed by atoms with van der Waals surface area (Å²) < 4.78 is 7.40. The largest absolute Gasteiger partial charge is 0.369 e. The van der Waals surface area contributed by atoms with Gasteiger partial charge in [-0.05, 0) is 70.7 Å². The number of hydrogen-bond donors (Lipinski definition) is 0. The Bertz CT molecular complexity index is 547. The van der Waals surface area contributed by atoms with Crippen molar-refractivity contribution in [3.63, 3.8) is 0 Å². The summed E-state index contributed by atoms with van der Waals surface area (Å²) in [5.74, 6) is 0. The highest BCUT2D eigenvalue weighted by atomic mass is 127. The van der Waals surface area contributed by atoms with E-state index in [9.17, 15) is 0 Å². The average Bonchev–Trinajstić information content (AvgIpc) is 2.47. The summed E-state index contributed by atoms with van der Waals surface area (Å²) in [6.45, 7) is 0.704. The van der Waals surface area contributed by atoms with Gasteiger partial charge in [-0.15, -0.1) is 0 Å². The van der Waals surface area contributed by atoms with Crippen LogP contribution in [0.3, 0.4) is 0 Å². The van der Waals surface area contributed by atoms with E-state index in [1.165, 1.54) is 33.1 Å². The predicted molar refractivity (Wildman–Crippen MR) is 86.1 cm³/mol. The lowest BCUT2D eigenvalue weighted by molar-refractivity contribution is 0.0283. The van der Waals surface area contributed by atoms with Crippen molar-refractivity contribution in [2.24, 2.45) is 0 Å². The van der Waals surface area contributed by atoms with Gasteiger partial charge in [0.1, 0.15) is 0 Å². The smallest absolute Gasteiger partial charge is 0.0832 e. The van der Waals surface area contributed by atoms with Gasteiger partial charge in [-0.2, -0.15) is 0 Å². The van der Waals surface area contributed by atoms with E-state index < -0.39 is 0 Å². The number of benzene rings is 2. The molecule has 0 bridgehead atoms. The maximum Gasteiger partial charge on any atom is 0.0832 e. The lowest BCUT2D eigenvalue weighted by Crippen LogP contribution is -2.12. The van der Waals surface area contributed by atoms with Crippen LogP contribution in [0.25, 0.3) is 0 Å². The molecule has 98 valence electrons. The van der Waals surface area contributed by atoms with Gasteiger partial charge in [0.25, 0.3) is 0 Å². The number of halogens is 1. The molecule has 0 spiro atoms. The highest BCUT2D eigenvalue weighted by molar-refractivity contribution is 14.1. The van der Waals surface area contributed by atoms with Crippen molar-refractivity contribution in [3.05, 3.63) is 68.8 Å². The van der Waals surface area contributed by atoms with Crippen LogP contribution in [0.15, 0.2) is 48.5 Å². The molecule has 0 saturated carbocycles. The molecule has 2 heteroatoms. The van der Waals surface area contributed by atoms with Gasteiger partial charge in [0.05, 0.1) is 12.7 Å². The quantitative estimate of drug-likeness (QED) is 0.705. The number of aryl methyl sites for hydroxylation is 1. The van der Waals surface area contributed by atoms with Crippen LogP contribution in [0.5, 0.6) is 0 Å². The minimum Gasteiger partial charge on any atom is -0.369 e. The second-order valence-corrected chi connectivity index (χ2v) is 6.26. The van der Waals surface area contributed by atoms with Crippen molar-refractivity contribution < 1.29 is 4.74 Å². The molecule has 1 atom stereocenters. The van der Waals surface area contributed by atoms with Gasteiger partial charge >= 0.3 is 0 Å². The second-order valence-electron chi connectivity index (χ2n) is 5.02. The molecular weight excluding hydrogens is 347 g/mol. The molecule has 1 unspecified atom stereocenters. The minimum absolute atomic E-state index is 0.268. The number of ether oxygens (including phenoxy) is 1. The van der Waals surface area contributed by atoms with Crippen LogP contribution >= 0.6 is 22.6 Å². The van der Waals surface area contributed by atoms with Crippen LogP contribution in [0.1, 0.15) is 35.6 Å². The normalized spacial score (nSPS) is 18.1. The Morgan fingerprint density at radius 1 is 1.05 bits per heavy atom. The zero-order chi connectivity index (χ0) is 13.1.